The molecule has 5 atom stereocenters. The number of carboxylic acids is 1. The summed E-state index contributed by atoms with van der Waals surface area (Å²) in [4.78, 5) is 56.7. The fourth-order valence-corrected chi connectivity index (χ4v) is 11.5. The van der Waals surface area contributed by atoms with Crippen LogP contribution in [0.5, 0.6) is 0 Å². The van der Waals surface area contributed by atoms with Crippen molar-refractivity contribution in [3.63, 3.8) is 0 Å². The van der Waals surface area contributed by atoms with Crippen molar-refractivity contribution in [1.82, 2.24) is 0 Å². The van der Waals surface area contributed by atoms with Crippen molar-refractivity contribution in [1.29, 1.82) is 5.26 Å². The Bertz CT molecular complexity index is 1400. The van der Waals surface area contributed by atoms with E-state index < -0.39 is 35.1 Å². The van der Waals surface area contributed by atoms with Gasteiger partial charge in [-0.25, -0.2) is 0 Å². The number of nitriles is 1. The molecular formula is C54H91NO6S3. The first-order valence-electron chi connectivity index (χ1n) is 25.7. The minimum absolute atomic E-state index is 0.0332. The summed E-state index contributed by atoms with van der Waals surface area (Å²) in [5.41, 5.74) is 0.0867. The van der Waals surface area contributed by atoms with Gasteiger partial charge in [0.2, 0.25) is 0 Å². The Labute approximate surface area is 404 Å². The molecule has 0 heterocycles. The summed E-state index contributed by atoms with van der Waals surface area (Å²) in [5, 5.41) is 20.9. The molecule has 0 saturated carbocycles. The van der Waals surface area contributed by atoms with Crippen LogP contribution in [0.3, 0.4) is 0 Å². The van der Waals surface area contributed by atoms with Crippen molar-refractivity contribution >= 4 is 56.6 Å². The normalized spacial score (nSPS) is 14.1. The molecule has 0 aromatic heterocycles. The Hall–Kier alpha value is -1.80. The van der Waals surface area contributed by atoms with Gasteiger partial charge >= 0.3 is 5.97 Å². The quantitative estimate of drug-likeness (QED) is 0.0634. The number of thioether (sulfide) groups is 3. The Kier molecular flexibility index (Phi) is 36.9. The van der Waals surface area contributed by atoms with Crippen molar-refractivity contribution in [2.45, 2.75) is 214 Å². The van der Waals surface area contributed by atoms with E-state index in [2.05, 4.69) is 33.8 Å². The first-order chi connectivity index (χ1) is 31.0. The number of hydrogen-bond acceptors (Lipinski definition) is 9. The summed E-state index contributed by atoms with van der Waals surface area (Å²) >= 11 is 3.54. The van der Waals surface area contributed by atoms with E-state index in [9.17, 15) is 29.5 Å². The van der Waals surface area contributed by atoms with Crippen LogP contribution in [-0.4, -0.2) is 56.9 Å². The Balaban J connectivity index is 3.27. The third-order valence-electron chi connectivity index (χ3n) is 12.7. The van der Waals surface area contributed by atoms with Crippen LogP contribution in [0.2, 0.25) is 0 Å². The van der Waals surface area contributed by atoms with Crippen LogP contribution < -0.4 is 0 Å². The van der Waals surface area contributed by atoms with E-state index in [0.717, 1.165) is 101 Å². The molecular weight excluding hydrogens is 855 g/mol. The van der Waals surface area contributed by atoms with Crippen molar-refractivity contribution in [3.8, 4) is 6.07 Å². The molecule has 10 heteroatoms. The van der Waals surface area contributed by atoms with Gasteiger partial charge in [0.15, 0.2) is 15.3 Å². The lowest BCUT2D eigenvalue weighted by molar-refractivity contribution is -0.148. The second kappa shape index (κ2) is 39.2. The molecule has 0 spiro atoms. The highest BCUT2D eigenvalue weighted by molar-refractivity contribution is 8.14. The van der Waals surface area contributed by atoms with Crippen LogP contribution in [0, 0.1) is 40.4 Å². The number of rotatable bonds is 42. The lowest BCUT2D eigenvalue weighted by Crippen LogP contribution is -2.41. The molecule has 0 aliphatic heterocycles. The molecule has 0 saturated heterocycles. The standard InChI is InChI=1S/C54H91NO6S3/c1-7-11-14-17-20-21-22-23-24-30-35-61-36-39-64-53(60)54(5,6)42-48(51(58)62-37-31-25-18-15-12-8-2)49(52(59)63-38-32-26-19-16-13-9-3)47(50(56)57)41-44(43-55)40-45(10-4)46-33-28-27-29-34-46/h27-29,33-34,44-45,47-49H,7-26,30-32,35-42H2,1-6H3,(H,56,57). The topological polar surface area (TPSA) is 122 Å². The number of ether oxygens (including phenoxy) is 1. The van der Waals surface area contributed by atoms with Gasteiger partial charge in [-0.3, -0.25) is 19.2 Å². The van der Waals surface area contributed by atoms with E-state index in [1.54, 1.807) is 0 Å². The third kappa shape index (κ3) is 27.7. The first-order valence-corrected chi connectivity index (χ1v) is 28.7. The number of benzene rings is 1. The molecule has 0 amide bonds. The van der Waals surface area contributed by atoms with Crippen molar-refractivity contribution in [3.05, 3.63) is 35.9 Å². The fourth-order valence-electron chi connectivity index (χ4n) is 8.61. The number of nitrogens with zero attached hydrogens (tertiary/aromatic N) is 1. The van der Waals surface area contributed by atoms with Crippen molar-refractivity contribution in [2.24, 2.45) is 29.1 Å². The summed E-state index contributed by atoms with van der Waals surface area (Å²) in [5.74, 6) is -3.53. The zero-order chi connectivity index (χ0) is 47.3. The molecule has 7 nitrogen and oxygen atoms in total. The average molecular weight is 947 g/mol. The number of unbranched alkanes of at least 4 members (excludes halogenated alkanes) is 19. The largest absolute Gasteiger partial charge is 0.481 e. The van der Waals surface area contributed by atoms with Crippen molar-refractivity contribution < 1.29 is 29.0 Å². The molecule has 366 valence electrons. The molecule has 5 unspecified atom stereocenters. The highest BCUT2D eigenvalue weighted by atomic mass is 32.2. The van der Waals surface area contributed by atoms with E-state index in [-0.39, 0.29) is 34.1 Å². The number of aliphatic carboxylic acids is 1. The van der Waals surface area contributed by atoms with Gasteiger partial charge in [0.05, 0.1) is 24.5 Å². The van der Waals surface area contributed by atoms with Gasteiger partial charge in [0, 0.05) is 41.1 Å². The predicted octanol–water partition coefficient (Wildman–Crippen LogP) is 15.9. The zero-order valence-corrected chi connectivity index (χ0v) is 43.8. The predicted molar refractivity (Wildman–Crippen MR) is 276 cm³/mol. The summed E-state index contributed by atoms with van der Waals surface area (Å²) < 4.78 is 5.92. The molecule has 1 aromatic rings. The summed E-state index contributed by atoms with van der Waals surface area (Å²) in [6.07, 6.45) is 26.7. The van der Waals surface area contributed by atoms with Crippen LogP contribution >= 0.6 is 35.3 Å². The smallest absolute Gasteiger partial charge is 0.307 e. The second-order valence-electron chi connectivity index (χ2n) is 18.8. The maximum atomic E-state index is 14.6. The zero-order valence-electron chi connectivity index (χ0n) is 41.4. The van der Waals surface area contributed by atoms with E-state index in [1.165, 1.54) is 87.7 Å². The summed E-state index contributed by atoms with van der Waals surface area (Å²) in [6.45, 7) is 13.5. The number of carbonyl (C=O) groups excluding carboxylic acids is 3. The second-order valence-corrected chi connectivity index (χ2v) is 22.0. The Morgan fingerprint density at radius 2 is 1.09 bits per heavy atom. The minimum Gasteiger partial charge on any atom is -0.481 e. The highest BCUT2D eigenvalue weighted by Gasteiger charge is 2.47. The average Bonchev–Trinajstić information content (AvgIpc) is 3.28. The van der Waals surface area contributed by atoms with Gasteiger partial charge in [-0.05, 0) is 56.4 Å². The maximum absolute atomic E-state index is 14.6. The van der Waals surface area contributed by atoms with E-state index in [1.807, 2.05) is 44.2 Å². The van der Waals surface area contributed by atoms with Crippen LogP contribution in [0.25, 0.3) is 0 Å². The fraction of sp³-hybridized carbons (Fsp3) is 0.796. The summed E-state index contributed by atoms with van der Waals surface area (Å²) in [7, 11) is 0. The molecule has 0 fully saturated rings. The minimum atomic E-state index is -1.25. The number of hydrogen-bond donors (Lipinski definition) is 1. The van der Waals surface area contributed by atoms with Crippen LogP contribution in [0.15, 0.2) is 30.3 Å². The molecule has 0 aliphatic carbocycles. The van der Waals surface area contributed by atoms with Gasteiger partial charge in [0.25, 0.3) is 0 Å². The molecule has 1 rings (SSSR count). The third-order valence-corrected chi connectivity index (χ3v) is 16.0. The molecule has 1 N–H and O–H groups in total. The van der Waals surface area contributed by atoms with Gasteiger partial charge < -0.3 is 9.84 Å². The number of carbonyl (C=O) groups is 4. The lowest BCUT2D eigenvalue weighted by Gasteiger charge is -2.35. The van der Waals surface area contributed by atoms with Gasteiger partial charge in [-0.1, -0.05) is 229 Å². The first kappa shape index (κ1) is 60.2. The monoisotopic (exact) mass is 946 g/mol. The van der Waals surface area contributed by atoms with Crippen molar-refractivity contribution in [2.75, 3.05) is 30.5 Å². The summed E-state index contributed by atoms with van der Waals surface area (Å²) in [6, 6.07) is 12.4. The SMILES string of the molecule is CCCCCCCCCCCCOCCSC(=O)C(C)(C)CC(C(=O)SCCCCCCCC)C(C(=O)SCCCCCCCC)C(CC(C#N)CC(CC)c1ccccc1)C(=O)O. The van der Waals surface area contributed by atoms with Gasteiger partial charge in [-0.2, -0.15) is 5.26 Å². The van der Waals surface area contributed by atoms with E-state index in [4.69, 9.17) is 4.74 Å². The Morgan fingerprint density at radius 1 is 0.609 bits per heavy atom. The van der Waals surface area contributed by atoms with Crippen LogP contribution in [-0.2, 0) is 23.9 Å². The van der Waals surface area contributed by atoms with Crippen LogP contribution in [0.1, 0.15) is 220 Å². The van der Waals surface area contributed by atoms with E-state index in [0.29, 0.717) is 36.9 Å². The molecule has 1 aromatic carbocycles. The molecule has 0 radical (unpaired) electrons. The van der Waals surface area contributed by atoms with Gasteiger partial charge in [0.1, 0.15) is 0 Å². The van der Waals surface area contributed by atoms with E-state index >= 15 is 0 Å². The molecule has 64 heavy (non-hydrogen) atoms. The number of carboxylic acid groups (broad SMARTS) is 1. The Morgan fingerprint density at radius 3 is 1.58 bits per heavy atom. The highest BCUT2D eigenvalue weighted by Crippen LogP contribution is 2.43. The maximum Gasteiger partial charge on any atom is 0.307 e. The lowest BCUT2D eigenvalue weighted by atomic mass is 9.71. The molecule has 0 bridgehead atoms. The molecule has 0 aliphatic rings. The van der Waals surface area contributed by atoms with Crippen LogP contribution in [0.4, 0.5) is 0 Å². The van der Waals surface area contributed by atoms with Gasteiger partial charge in [-0.15, -0.1) is 0 Å².